The zero-order valence-corrected chi connectivity index (χ0v) is 10.6. The average molecular weight is 257 g/mol. The normalized spacial score (nSPS) is 14.9. The first-order valence-electron chi connectivity index (χ1n) is 6.28. The Morgan fingerprint density at radius 3 is 3.00 bits per heavy atom. The lowest BCUT2D eigenvalue weighted by atomic mass is 10.1. The molecule has 2 amide bonds. The van der Waals surface area contributed by atoms with Crippen LogP contribution in [0.1, 0.15) is 25.7 Å². The van der Waals surface area contributed by atoms with Crippen LogP contribution in [-0.2, 0) is 9.59 Å². The van der Waals surface area contributed by atoms with E-state index in [2.05, 4.69) is 5.32 Å². The largest absolute Gasteiger partial charge is 0.325 e. The molecular formula is C14H15N3O2. The van der Waals surface area contributed by atoms with Crippen LogP contribution in [0.15, 0.2) is 24.3 Å². The van der Waals surface area contributed by atoms with Crippen molar-refractivity contribution in [3.63, 3.8) is 0 Å². The number of nitriles is 1. The first-order valence-corrected chi connectivity index (χ1v) is 6.28. The number of rotatable bonds is 3. The van der Waals surface area contributed by atoms with E-state index in [0.717, 1.165) is 18.5 Å². The number of anilines is 2. The molecular weight excluding hydrogens is 242 g/mol. The third kappa shape index (κ3) is 3.32. The highest BCUT2D eigenvalue weighted by Gasteiger charge is 2.19. The van der Waals surface area contributed by atoms with Gasteiger partial charge in [0.05, 0.1) is 6.07 Å². The second kappa shape index (κ2) is 6.01. The summed E-state index contributed by atoms with van der Waals surface area (Å²) in [4.78, 5) is 24.9. The van der Waals surface area contributed by atoms with Crippen LogP contribution in [0.25, 0.3) is 0 Å². The van der Waals surface area contributed by atoms with E-state index in [1.807, 2.05) is 6.07 Å². The Morgan fingerprint density at radius 1 is 1.42 bits per heavy atom. The summed E-state index contributed by atoms with van der Waals surface area (Å²) in [5.74, 6) is -0.226. The van der Waals surface area contributed by atoms with Gasteiger partial charge in [-0.05, 0) is 31.0 Å². The fraction of sp³-hybridized carbons (Fsp3) is 0.357. The quantitative estimate of drug-likeness (QED) is 0.900. The van der Waals surface area contributed by atoms with Crippen molar-refractivity contribution < 1.29 is 9.59 Å². The van der Waals surface area contributed by atoms with Crippen molar-refractivity contribution in [1.82, 2.24) is 0 Å². The van der Waals surface area contributed by atoms with Crippen molar-refractivity contribution >= 4 is 23.2 Å². The van der Waals surface area contributed by atoms with Crippen LogP contribution < -0.4 is 10.2 Å². The molecule has 0 unspecified atom stereocenters. The molecule has 1 heterocycles. The summed E-state index contributed by atoms with van der Waals surface area (Å²) in [6, 6.07) is 8.94. The molecule has 0 aliphatic carbocycles. The van der Waals surface area contributed by atoms with Gasteiger partial charge in [0.15, 0.2) is 0 Å². The number of nitrogens with one attached hydrogen (secondary N) is 1. The molecule has 1 aromatic rings. The fourth-order valence-electron chi connectivity index (χ4n) is 2.11. The standard InChI is InChI=1S/C14H15N3O2/c15-8-7-13(18)16-11-4-3-5-12(10-11)17-9-2-1-6-14(17)19/h3-5,10H,1-2,6-7,9H2,(H,16,18). The van der Waals surface area contributed by atoms with E-state index in [1.54, 1.807) is 29.2 Å². The Labute approximate surface area is 111 Å². The van der Waals surface area contributed by atoms with Crippen LogP contribution in [0.4, 0.5) is 11.4 Å². The van der Waals surface area contributed by atoms with Gasteiger partial charge in [-0.25, -0.2) is 0 Å². The summed E-state index contributed by atoms with van der Waals surface area (Å²) >= 11 is 0. The fourth-order valence-corrected chi connectivity index (χ4v) is 2.11. The molecule has 5 heteroatoms. The smallest absolute Gasteiger partial charge is 0.238 e. The van der Waals surface area contributed by atoms with E-state index in [-0.39, 0.29) is 18.2 Å². The Hall–Kier alpha value is -2.35. The van der Waals surface area contributed by atoms with Crippen LogP contribution in [0, 0.1) is 11.3 Å². The third-order valence-corrected chi connectivity index (χ3v) is 3.00. The summed E-state index contributed by atoms with van der Waals surface area (Å²) in [5.41, 5.74) is 1.40. The molecule has 0 bridgehead atoms. The van der Waals surface area contributed by atoms with Gasteiger partial charge < -0.3 is 10.2 Å². The lowest BCUT2D eigenvalue weighted by Crippen LogP contribution is -2.35. The molecule has 0 radical (unpaired) electrons. The summed E-state index contributed by atoms with van der Waals surface area (Å²) in [7, 11) is 0. The van der Waals surface area contributed by atoms with Gasteiger partial charge in [0.25, 0.3) is 0 Å². The maximum atomic E-state index is 11.8. The van der Waals surface area contributed by atoms with Gasteiger partial charge in [-0.2, -0.15) is 5.26 Å². The van der Waals surface area contributed by atoms with Crippen molar-refractivity contribution in [1.29, 1.82) is 5.26 Å². The number of carbonyl (C=O) groups excluding carboxylic acids is 2. The van der Waals surface area contributed by atoms with E-state index in [9.17, 15) is 9.59 Å². The molecule has 1 aromatic carbocycles. The van der Waals surface area contributed by atoms with Crippen LogP contribution >= 0.6 is 0 Å². The number of piperidine rings is 1. The molecule has 0 atom stereocenters. The third-order valence-electron chi connectivity index (χ3n) is 3.00. The van der Waals surface area contributed by atoms with Crippen LogP contribution in [0.3, 0.4) is 0 Å². The zero-order chi connectivity index (χ0) is 13.7. The van der Waals surface area contributed by atoms with Gasteiger partial charge in [-0.15, -0.1) is 0 Å². The highest BCUT2D eigenvalue weighted by molar-refractivity contribution is 5.96. The van der Waals surface area contributed by atoms with Gasteiger partial charge in [0, 0.05) is 24.3 Å². The van der Waals surface area contributed by atoms with E-state index < -0.39 is 0 Å². The van der Waals surface area contributed by atoms with Gasteiger partial charge in [0.2, 0.25) is 11.8 Å². The molecule has 0 saturated carbocycles. The highest BCUT2D eigenvalue weighted by Crippen LogP contribution is 2.23. The van der Waals surface area contributed by atoms with Crippen LogP contribution in [0.2, 0.25) is 0 Å². The van der Waals surface area contributed by atoms with Gasteiger partial charge in [0.1, 0.15) is 6.42 Å². The second-order valence-corrected chi connectivity index (χ2v) is 4.44. The van der Waals surface area contributed by atoms with Crippen LogP contribution in [0.5, 0.6) is 0 Å². The molecule has 1 saturated heterocycles. The van der Waals surface area contributed by atoms with E-state index >= 15 is 0 Å². The molecule has 0 spiro atoms. The van der Waals surface area contributed by atoms with Crippen molar-refractivity contribution in [2.75, 3.05) is 16.8 Å². The number of hydrogen-bond donors (Lipinski definition) is 1. The Kier molecular flexibility index (Phi) is 4.14. The topological polar surface area (TPSA) is 73.2 Å². The minimum atomic E-state index is -0.343. The second-order valence-electron chi connectivity index (χ2n) is 4.44. The Bertz CT molecular complexity index is 534. The summed E-state index contributed by atoms with van der Waals surface area (Å²) in [6.07, 6.45) is 2.34. The molecule has 19 heavy (non-hydrogen) atoms. The molecule has 5 nitrogen and oxygen atoms in total. The van der Waals surface area contributed by atoms with Crippen molar-refractivity contribution in [2.45, 2.75) is 25.7 Å². The lowest BCUT2D eigenvalue weighted by molar-refractivity contribution is -0.119. The van der Waals surface area contributed by atoms with Gasteiger partial charge >= 0.3 is 0 Å². The summed E-state index contributed by atoms with van der Waals surface area (Å²) in [6.45, 7) is 0.717. The number of nitrogens with zero attached hydrogens (tertiary/aromatic N) is 2. The molecule has 98 valence electrons. The van der Waals surface area contributed by atoms with E-state index in [1.165, 1.54) is 0 Å². The maximum Gasteiger partial charge on any atom is 0.238 e. The molecule has 1 N–H and O–H groups in total. The molecule has 0 aromatic heterocycles. The van der Waals surface area contributed by atoms with Gasteiger partial charge in [-0.3, -0.25) is 9.59 Å². The molecule has 2 rings (SSSR count). The maximum absolute atomic E-state index is 11.8. The van der Waals surface area contributed by atoms with Crippen molar-refractivity contribution in [2.24, 2.45) is 0 Å². The average Bonchev–Trinajstić information content (AvgIpc) is 2.40. The van der Waals surface area contributed by atoms with Crippen molar-refractivity contribution in [3.8, 4) is 6.07 Å². The lowest BCUT2D eigenvalue weighted by Gasteiger charge is -2.27. The predicted molar refractivity (Wildman–Crippen MR) is 71.5 cm³/mol. The summed E-state index contributed by atoms with van der Waals surface area (Å²) < 4.78 is 0. The van der Waals surface area contributed by atoms with E-state index in [4.69, 9.17) is 5.26 Å². The summed E-state index contributed by atoms with van der Waals surface area (Å²) in [5, 5.41) is 11.1. The number of hydrogen-bond acceptors (Lipinski definition) is 3. The molecule has 1 fully saturated rings. The Balaban J connectivity index is 2.12. The zero-order valence-electron chi connectivity index (χ0n) is 10.6. The van der Waals surface area contributed by atoms with Crippen molar-refractivity contribution in [3.05, 3.63) is 24.3 Å². The monoisotopic (exact) mass is 257 g/mol. The molecule has 1 aliphatic rings. The minimum Gasteiger partial charge on any atom is -0.325 e. The van der Waals surface area contributed by atoms with Crippen LogP contribution in [-0.4, -0.2) is 18.4 Å². The highest BCUT2D eigenvalue weighted by atomic mass is 16.2. The van der Waals surface area contributed by atoms with Gasteiger partial charge in [-0.1, -0.05) is 6.07 Å². The number of carbonyl (C=O) groups is 2. The van der Waals surface area contributed by atoms with E-state index in [0.29, 0.717) is 18.7 Å². The predicted octanol–water partition coefficient (Wildman–Crippen LogP) is 2.06. The first-order chi connectivity index (χ1) is 9.20. The minimum absolute atomic E-state index is 0.117. The Morgan fingerprint density at radius 2 is 2.26 bits per heavy atom. The first kappa shape index (κ1) is 13.1. The molecule has 1 aliphatic heterocycles. The number of amides is 2. The number of benzene rings is 1. The SMILES string of the molecule is N#CCC(=O)Nc1cccc(N2CCCCC2=O)c1.